The van der Waals surface area contributed by atoms with Gasteiger partial charge in [-0.25, -0.2) is 0 Å². The van der Waals surface area contributed by atoms with Crippen LogP contribution in [0.15, 0.2) is 24.3 Å². The van der Waals surface area contributed by atoms with E-state index in [1.807, 2.05) is 0 Å². The molecular formula is C14H19IOS. The highest BCUT2D eigenvalue weighted by Crippen LogP contribution is 2.37. The zero-order chi connectivity index (χ0) is 12.1. The summed E-state index contributed by atoms with van der Waals surface area (Å²) in [4.78, 5) is 0. The predicted octanol–water partition coefficient (Wildman–Crippen LogP) is 4.55. The second kappa shape index (κ2) is 6.32. The predicted molar refractivity (Wildman–Crippen MR) is 84.0 cm³/mol. The third kappa shape index (κ3) is 3.78. The molecule has 1 saturated carbocycles. The number of ether oxygens (including phenoxy) is 1. The van der Waals surface area contributed by atoms with Crippen LogP contribution >= 0.6 is 35.2 Å². The van der Waals surface area contributed by atoms with Gasteiger partial charge in [0.1, 0.15) is 5.75 Å². The molecular weight excluding hydrogens is 343 g/mol. The standard InChI is InChI=1S/C14H19IOS/c15-12-4-6-13(7-5-12)16-10-14(11-17)8-2-1-3-9-14/h4-7,17H,1-3,8-11H2. The molecule has 0 N–H and O–H groups in total. The molecule has 0 unspecified atom stereocenters. The number of hydrogen-bond acceptors (Lipinski definition) is 2. The molecule has 0 atom stereocenters. The molecule has 0 bridgehead atoms. The first-order valence-electron chi connectivity index (χ1n) is 6.23. The van der Waals surface area contributed by atoms with Gasteiger partial charge < -0.3 is 4.74 Å². The Morgan fingerprint density at radius 1 is 1.12 bits per heavy atom. The van der Waals surface area contributed by atoms with Crippen LogP contribution in [0.5, 0.6) is 5.75 Å². The molecule has 17 heavy (non-hydrogen) atoms. The van der Waals surface area contributed by atoms with E-state index in [1.165, 1.54) is 35.7 Å². The molecule has 0 amide bonds. The van der Waals surface area contributed by atoms with E-state index in [2.05, 4.69) is 59.5 Å². The van der Waals surface area contributed by atoms with Gasteiger partial charge in [-0.2, -0.15) is 12.6 Å². The third-order valence-electron chi connectivity index (χ3n) is 3.61. The van der Waals surface area contributed by atoms with Gasteiger partial charge in [-0.15, -0.1) is 0 Å². The smallest absolute Gasteiger partial charge is 0.119 e. The summed E-state index contributed by atoms with van der Waals surface area (Å²) in [6, 6.07) is 8.28. The molecule has 1 aromatic carbocycles. The highest BCUT2D eigenvalue weighted by atomic mass is 127. The molecule has 1 aliphatic carbocycles. The number of thiol groups is 1. The molecule has 1 aliphatic rings. The average Bonchev–Trinajstić information content (AvgIpc) is 2.39. The van der Waals surface area contributed by atoms with E-state index in [-0.39, 0.29) is 0 Å². The van der Waals surface area contributed by atoms with Crippen molar-refractivity contribution < 1.29 is 4.74 Å². The number of benzene rings is 1. The summed E-state index contributed by atoms with van der Waals surface area (Å²) in [5.74, 6) is 1.93. The molecule has 1 nitrogen and oxygen atoms in total. The van der Waals surface area contributed by atoms with Crippen molar-refractivity contribution in [1.82, 2.24) is 0 Å². The van der Waals surface area contributed by atoms with Crippen molar-refractivity contribution in [2.75, 3.05) is 12.4 Å². The van der Waals surface area contributed by atoms with Gasteiger partial charge in [0.2, 0.25) is 0 Å². The van der Waals surface area contributed by atoms with Crippen molar-refractivity contribution in [2.24, 2.45) is 5.41 Å². The van der Waals surface area contributed by atoms with E-state index in [1.54, 1.807) is 0 Å². The fourth-order valence-electron chi connectivity index (χ4n) is 2.42. The molecule has 3 heteroatoms. The van der Waals surface area contributed by atoms with Crippen molar-refractivity contribution in [3.8, 4) is 5.75 Å². The number of halogens is 1. The summed E-state index contributed by atoms with van der Waals surface area (Å²) in [5.41, 5.74) is 0.310. The molecule has 1 aromatic rings. The maximum absolute atomic E-state index is 5.94. The average molecular weight is 362 g/mol. The summed E-state index contributed by atoms with van der Waals surface area (Å²) in [6.45, 7) is 0.817. The quantitative estimate of drug-likeness (QED) is 0.611. The Morgan fingerprint density at radius 3 is 2.35 bits per heavy atom. The lowest BCUT2D eigenvalue weighted by molar-refractivity contribution is 0.121. The second-order valence-corrected chi connectivity index (χ2v) is 6.52. The largest absolute Gasteiger partial charge is 0.493 e. The van der Waals surface area contributed by atoms with Crippen LogP contribution in [0.1, 0.15) is 32.1 Å². The Kier molecular flexibility index (Phi) is 5.03. The molecule has 94 valence electrons. The highest BCUT2D eigenvalue weighted by Gasteiger charge is 2.31. The van der Waals surface area contributed by atoms with Gasteiger partial charge >= 0.3 is 0 Å². The minimum absolute atomic E-state index is 0.310. The van der Waals surface area contributed by atoms with Crippen molar-refractivity contribution in [3.63, 3.8) is 0 Å². The first-order valence-corrected chi connectivity index (χ1v) is 7.94. The molecule has 2 rings (SSSR count). The van der Waals surface area contributed by atoms with Crippen LogP contribution in [-0.2, 0) is 0 Å². The van der Waals surface area contributed by atoms with Crippen LogP contribution in [-0.4, -0.2) is 12.4 Å². The molecule has 0 aromatic heterocycles. The third-order valence-corrected chi connectivity index (χ3v) is 5.00. The van der Waals surface area contributed by atoms with Gasteiger partial charge in [0.15, 0.2) is 0 Å². The number of hydrogen-bond donors (Lipinski definition) is 1. The van der Waals surface area contributed by atoms with Gasteiger partial charge in [-0.1, -0.05) is 19.3 Å². The maximum atomic E-state index is 5.94. The molecule has 0 radical (unpaired) electrons. The van der Waals surface area contributed by atoms with Crippen LogP contribution in [0.3, 0.4) is 0 Å². The Labute approximate surface area is 123 Å². The lowest BCUT2D eigenvalue weighted by Crippen LogP contribution is -2.32. The minimum atomic E-state index is 0.310. The van der Waals surface area contributed by atoms with Crippen molar-refractivity contribution >= 4 is 35.2 Å². The Morgan fingerprint density at radius 2 is 1.76 bits per heavy atom. The lowest BCUT2D eigenvalue weighted by Gasteiger charge is -2.35. The van der Waals surface area contributed by atoms with Crippen LogP contribution in [0.25, 0.3) is 0 Å². The minimum Gasteiger partial charge on any atom is -0.493 e. The van der Waals surface area contributed by atoms with Gasteiger partial charge in [0.25, 0.3) is 0 Å². The van der Waals surface area contributed by atoms with Gasteiger partial charge in [-0.05, 0) is 65.5 Å². The lowest BCUT2D eigenvalue weighted by atomic mass is 9.76. The van der Waals surface area contributed by atoms with Crippen molar-refractivity contribution in [3.05, 3.63) is 27.8 Å². The van der Waals surface area contributed by atoms with Crippen LogP contribution in [0.4, 0.5) is 0 Å². The second-order valence-electron chi connectivity index (χ2n) is 4.96. The molecule has 1 fully saturated rings. The summed E-state index contributed by atoms with van der Waals surface area (Å²) in [5, 5.41) is 0. The van der Waals surface area contributed by atoms with Gasteiger partial charge in [-0.3, -0.25) is 0 Å². The Bertz CT molecular complexity index is 344. The van der Waals surface area contributed by atoms with E-state index < -0.39 is 0 Å². The Balaban J connectivity index is 1.93. The summed E-state index contributed by atoms with van der Waals surface area (Å²) < 4.78 is 7.19. The maximum Gasteiger partial charge on any atom is 0.119 e. The molecule has 0 spiro atoms. The zero-order valence-electron chi connectivity index (χ0n) is 9.99. The molecule has 0 aliphatic heterocycles. The van der Waals surface area contributed by atoms with Gasteiger partial charge in [0.05, 0.1) is 6.61 Å². The zero-order valence-corrected chi connectivity index (χ0v) is 13.0. The fourth-order valence-corrected chi connectivity index (χ4v) is 3.18. The van der Waals surface area contributed by atoms with Crippen molar-refractivity contribution in [2.45, 2.75) is 32.1 Å². The number of rotatable bonds is 4. The monoisotopic (exact) mass is 362 g/mol. The molecule has 0 saturated heterocycles. The van der Waals surface area contributed by atoms with E-state index in [4.69, 9.17) is 4.74 Å². The van der Waals surface area contributed by atoms with E-state index in [0.29, 0.717) is 5.41 Å². The summed E-state index contributed by atoms with van der Waals surface area (Å²) >= 11 is 6.84. The topological polar surface area (TPSA) is 9.23 Å². The summed E-state index contributed by atoms with van der Waals surface area (Å²) in [6.07, 6.45) is 6.56. The normalized spacial score (nSPS) is 18.9. The van der Waals surface area contributed by atoms with E-state index >= 15 is 0 Å². The SMILES string of the molecule is SCC1(COc2ccc(I)cc2)CCCCC1. The Hall–Kier alpha value is 0.1000. The van der Waals surface area contributed by atoms with E-state index in [0.717, 1.165) is 18.1 Å². The highest BCUT2D eigenvalue weighted by molar-refractivity contribution is 14.1. The van der Waals surface area contributed by atoms with Crippen LogP contribution in [0.2, 0.25) is 0 Å². The van der Waals surface area contributed by atoms with Crippen LogP contribution < -0.4 is 4.74 Å². The first kappa shape index (κ1) is 13.5. The van der Waals surface area contributed by atoms with Crippen molar-refractivity contribution in [1.29, 1.82) is 0 Å². The van der Waals surface area contributed by atoms with Crippen LogP contribution in [0, 0.1) is 8.99 Å². The molecule has 0 heterocycles. The van der Waals surface area contributed by atoms with Gasteiger partial charge in [0, 0.05) is 8.99 Å². The first-order chi connectivity index (χ1) is 8.24. The summed E-state index contributed by atoms with van der Waals surface area (Å²) in [7, 11) is 0. The fraction of sp³-hybridized carbons (Fsp3) is 0.571. The van der Waals surface area contributed by atoms with E-state index in [9.17, 15) is 0 Å².